The van der Waals surface area contributed by atoms with Gasteiger partial charge in [0, 0.05) is 21.5 Å². The topological polar surface area (TPSA) is 0 Å². The molecular weight excluding hydrogens is 186 g/mol. The molecule has 0 aromatic carbocycles. The number of hydrogen-bond acceptors (Lipinski definition) is 0. The minimum atomic E-state index is 1.62. The number of hydrogen-bond donors (Lipinski definition) is 0. The molecule has 0 aromatic rings. The van der Waals surface area contributed by atoms with Crippen molar-refractivity contribution in [3.63, 3.8) is 0 Å². The first-order chi connectivity index (χ1) is 2.00. The van der Waals surface area contributed by atoms with E-state index >= 15 is 0 Å². The van der Waals surface area contributed by atoms with Gasteiger partial charge >= 0.3 is 0 Å². The fraction of sp³-hybridized carbons (Fsp3) is 0. The predicted octanol–water partition coefficient (Wildman–Crippen LogP) is 2.38. The van der Waals surface area contributed by atoms with Crippen LogP contribution in [0.3, 0.4) is 0 Å². The third kappa shape index (κ3) is 14.8. The van der Waals surface area contributed by atoms with Crippen LogP contribution >= 0.6 is 30.4 Å². The Labute approximate surface area is 43.7 Å². The monoisotopic (exact) mass is 190 g/mol. The third-order valence-electron chi connectivity index (χ3n) is 0. The summed E-state index contributed by atoms with van der Waals surface area (Å²) in [5.74, 6) is 0. The minimum Gasteiger partial charge on any atom is -0.106 e. The molecule has 0 amide bonds. The quantitative estimate of drug-likeness (QED) is 0.406. The van der Waals surface area contributed by atoms with Gasteiger partial charge in [0.15, 0.2) is 0 Å². The van der Waals surface area contributed by atoms with Crippen LogP contribution in [-0.2, 0) is 0 Å². The highest BCUT2D eigenvalue weighted by molar-refractivity contribution is 14.1. The lowest BCUT2D eigenvalue weighted by molar-refractivity contribution is 2.81. The van der Waals surface area contributed by atoms with Gasteiger partial charge in [0.05, 0.1) is 0 Å². The molecule has 0 aliphatic heterocycles. The average molecular weight is 190 g/mol. The molecule has 0 atom stereocenters. The van der Waals surface area contributed by atoms with E-state index in [0.717, 1.165) is 0 Å². The summed E-state index contributed by atoms with van der Waals surface area (Å²) in [6, 6.07) is 0. The van der Waals surface area contributed by atoms with Gasteiger partial charge in [-0.05, 0) is 8.91 Å². The van der Waals surface area contributed by atoms with Crippen molar-refractivity contribution in [2.24, 2.45) is 0 Å². The highest BCUT2D eigenvalue weighted by Gasteiger charge is 1.00. The van der Waals surface area contributed by atoms with E-state index in [1.807, 2.05) is 0 Å². The molecule has 0 spiro atoms. The zero-order valence-corrected chi connectivity index (χ0v) is 5.08. The van der Waals surface area contributed by atoms with Crippen molar-refractivity contribution >= 4 is 30.4 Å². The molecule has 0 bridgehead atoms. The van der Waals surface area contributed by atoms with Crippen LogP contribution in [0.15, 0.2) is 13.2 Å². The van der Waals surface area contributed by atoms with Crippen LogP contribution in [0.4, 0.5) is 0 Å². The third-order valence-corrected chi connectivity index (χ3v) is 0. The van der Waals surface area contributed by atoms with Gasteiger partial charge in [0.25, 0.3) is 0 Å². The van der Waals surface area contributed by atoms with Crippen LogP contribution in [0.1, 0.15) is 0 Å². The van der Waals surface area contributed by atoms with E-state index in [4.69, 9.17) is 0 Å². The smallest absolute Gasteiger partial charge is 0.0425 e. The Morgan fingerprint density at radius 2 is 1.25 bits per heavy atom. The van der Waals surface area contributed by atoms with Gasteiger partial charge in [-0.2, -0.15) is 0 Å². The predicted molar refractivity (Wildman–Crippen MR) is 31.1 cm³/mol. The van der Waals surface area contributed by atoms with E-state index in [1.165, 1.54) is 0 Å². The fourth-order valence-corrected chi connectivity index (χ4v) is 0. The summed E-state index contributed by atoms with van der Waals surface area (Å²) in [4.78, 5) is 0. The molecule has 0 aliphatic rings. The molecule has 0 saturated heterocycles. The largest absolute Gasteiger partial charge is 0.106 e. The summed E-state index contributed by atoms with van der Waals surface area (Å²) in [7, 11) is 4.61. The number of halogens is 2. The summed E-state index contributed by atoms with van der Waals surface area (Å²) in [5.41, 5.74) is 0. The molecule has 0 aliphatic carbocycles. The highest BCUT2D eigenvalue weighted by atomic mass is 127. The molecule has 0 nitrogen and oxygen atoms in total. The zero-order valence-electron chi connectivity index (χ0n) is 2.17. The van der Waals surface area contributed by atoms with Crippen molar-refractivity contribution in [3.05, 3.63) is 13.2 Å². The van der Waals surface area contributed by atoms with Crippen molar-refractivity contribution in [2.45, 2.75) is 0 Å². The van der Waals surface area contributed by atoms with Crippen LogP contribution in [0.2, 0.25) is 0 Å². The minimum absolute atomic E-state index is 1.62. The van der Waals surface area contributed by atoms with Crippen LogP contribution in [-0.4, -0.2) is 0 Å². The molecule has 0 saturated carbocycles. The Hall–Kier alpha value is 0.760. The first kappa shape index (κ1) is 8.83. The molecule has 2 heteroatoms. The van der Waals surface area contributed by atoms with E-state index in [1.54, 1.807) is 21.5 Å². The van der Waals surface area contributed by atoms with E-state index in [-0.39, 0.29) is 0 Å². The number of rotatable bonds is 0. The molecule has 0 fully saturated rings. The maximum absolute atomic E-state index is 4.61. The first-order valence-corrected chi connectivity index (χ1v) is 3.37. The van der Waals surface area contributed by atoms with Gasteiger partial charge in [0.2, 0.25) is 0 Å². The standard InChI is InChI=1S/C2H4.ClI/c2*1-2/h1-2H2;. The van der Waals surface area contributed by atoms with Crippen molar-refractivity contribution in [1.82, 2.24) is 0 Å². The maximum Gasteiger partial charge on any atom is 0.0425 e. The molecule has 0 unspecified atom stereocenters. The van der Waals surface area contributed by atoms with Gasteiger partial charge in [-0.15, -0.1) is 13.2 Å². The Bertz CT molecular complexity index is 6.00. The molecule has 0 N–H and O–H groups in total. The van der Waals surface area contributed by atoms with E-state index in [2.05, 4.69) is 22.1 Å². The van der Waals surface area contributed by atoms with E-state index in [9.17, 15) is 0 Å². The second kappa shape index (κ2) is 49.6. The van der Waals surface area contributed by atoms with E-state index < -0.39 is 0 Å². The summed E-state index contributed by atoms with van der Waals surface area (Å²) in [5, 5.41) is 0. The maximum atomic E-state index is 4.61. The first-order valence-electron chi connectivity index (χ1n) is 0.643. The molecule has 0 heterocycles. The van der Waals surface area contributed by atoms with Crippen molar-refractivity contribution in [3.8, 4) is 0 Å². The lowest BCUT2D eigenvalue weighted by atomic mass is 11.3. The van der Waals surface area contributed by atoms with Crippen molar-refractivity contribution in [2.75, 3.05) is 0 Å². The molecular formula is C2H4ClI. The summed E-state index contributed by atoms with van der Waals surface area (Å²) in [6.07, 6.45) is 0. The van der Waals surface area contributed by atoms with Crippen molar-refractivity contribution < 1.29 is 0 Å². The summed E-state index contributed by atoms with van der Waals surface area (Å²) < 4.78 is 0. The highest BCUT2D eigenvalue weighted by Crippen LogP contribution is 1.79. The lowest BCUT2D eigenvalue weighted by Crippen LogP contribution is -0.552. The normalized spacial score (nSPS) is 2.50. The van der Waals surface area contributed by atoms with Gasteiger partial charge < -0.3 is 0 Å². The molecule has 0 rings (SSSR count). The lowest BCUT2D eigenvalue weighted by Gasteiger charge is -1.00. The van der Waals surface area contributed by atoms with Crippen LogP contribution in [0.25, 0.3) is 0 Å². The van der Waals surface area contributed by atoms with Crippen molar-refractivity contribution in [1.29, 1.82) is 0 Å². The molecule has 0 radical (unpaired) electrons. The van der Waals surface area contributed by atoms with Crippen LogP contribution in [0, 0.1) is 0 Å². The second-order valence-electron chi connectivity index (χ2n) is 0. The second-order valence-corrected chi connectivity index (χ2v) is 0. The Morgan fingerprint density at radius 1 is 1.25 bits per heavy atom. The molecule has 26 valence electrons. The molecule has 0 aromatic heterocycles. The van der Waals surface area contributed by atoms with Gasteiger partial charge in [0.1, 0.15) is 0 Å². The molecule has 4 heavy (non-hydrogen) atoms. The van der Waals surface area contributed by atoms with E-state index in [0.29, 0.717) is 0 Å². The Balaban J connectivity index is 0. The van der Waals surface area contributed by atoms with Gasteiger partial charge in [-0.3, -0.25) is 0 Å². The van der Waals surface area contributed by atoms with Crippen LogP contribution < -0.4 is 0 Å². The van der Waals surface area contributed by atoms with Gasteiger partial charge in [-0.1, -0.05) is 0 Å². The fourth-order valence-electron chi connectivity index (χ4n) is 0. The average Bonchev–Trinajstić information content (AvgIpc) is 1.50. The zero-order chi connectivity index (χ0) is 4.00. The Morgan fingerprint density at radius 3 is 1.25 bits per heavy atom. The van der Waals surface area contributed by atoms with Gasteiger partial charge in [-0.25, -0.2) is 0 Å². The van der Waals surface area contributed by atoms with Crippen LogP contribution in [0.5, 0.6) is 0 Å². The Kier molecular flexibility index (Phi) is 110. The summed E-state index contributed by atoms with van der Waals surface area (Å²) in [6.45, 7) is 6.00. The SMILES string of the molecule is C=C.ClI. The summed E-state index contributed by atoms with van der Waals surface area (Å²) >= 11 is 1.62.